The average Bonchev–Trinajstić information content (AvgIpc) is 3.40. The molecule has 0 unspecified atom stereocenters. The summed E-state index contributed by atoms with van der Waals surface area (Å²) >= 11 is 0. The van der Waals surface area contributed by atoms with E-state index in [2.05, 4.69) is 60.4 Å². The Labute approximate surface area is 168 Å². The van der Waals surface area contributed by atoms with Crippen LogP contribution in [-0.4, -0.2) is 41.4 Å². The normalized spacial score (nSPS) is 19.5. The second-order valence-corrected chi connectivity index (χ2v) is 8.01. The number of carbonyl (C=O) groups excluding carboxylic acids is 1. The van der Waals surface area contributed by atoms with E-state index >= 15 is 0 Å². The highest BCUT2D eigenvalue weighted by molar-refractivity contribution is 5.96. The number of likely N-dealkylation sites (tertiary alicyclic amines) is 1. The van der Waals surface area contributed by atoms with Crippen molar-refractivity contribution in [3.63, 3.8) is 0 Å². The molecule has 2 aromatic carbocycles. The molecular formula is C25H30N2O. The SMILES string of the molecule is CCC[C@H]1C=CCN1C(=O)c1cccc(-c2cccc(CN3CCCC3)c2)c1. The Kier molecular flexibility index (Phi) is 5.92. The van der Waals surface area contributed by atoms with E-state index in [0.29, 0.717) is 0 Å². The van der Waals surface area contributed by atoms with Crippen molar-refractivity contribution in [1.29, 1.82) is 0 Å². The number of rotatable bonds is 6. The first-order chi connectivity index (χ1) is 13.7. The lowest BCUT2D eigenvalue weighted by Gasteiger charge is -2.24. The van der Waals surface area contributed by atoms with E-state index < -0.39 is 0 Å². The second-order valence-electron chi connectivity index (χ2n) is 8.01. The molecule has 4 rings (SSSR count). The van der Waals surface area contributed by atoms with Crippen LogP contribution in [0.25, 0.3) is 11.1 Å². The highest BCUT2D eigenvalue weighted by Gasteiger charge is 2.25. The third-order valence-corrected chi connectivity index (χ3v) is 5.88. The molecule has 0 bridgehead atoms. The monoisotopic (exact) mass is 374 g/mol. The molecular weight excluding hydrogens is 344 g/mol. The third kappa shape index (κ3) is 4.20. The van der Waals surface area contributed by atoms with Gasteiger partial charge in [0.2, 0.25) is 0 Å². The van der Waals surface area contributed by atoms with Gasteiger partial charge < -0.3 is 4.90 Å². The molecule has 2 aromatic rings. The average molecular weight is 375 g/mol. The van der Waals surface area contributed by atoms with Crippen molar-refractivity contribution in [3.05, 3.63) is 71.8 Å². The standard InChI is InChI=1S/C25H30N2O/c1-2-8-24-13-7-16-27(24)25(28)23-12-6-11-22(18-23)21-10-5-9-20(17-21)19-26-14-3-4-15-26/h5-7,9-13,17-18,24H,2-4,8,14-16,19H2,1H3/t24-/m0/s1. The van der Waals surface area contributed by atoms with Gasteiger partial charge in [-0.1, -0.05) is 55.8 Å². The van der Waals surface area contributed by atoms with Crippen molar-refractivity contribution in [3.8, 4) is 11.1 Å². The number of amides is 1. The van der Waals surface area contributed by atoms with Crippen LogP contribution in [0.15, 0.2) is 60.7 Å². The Bertz CT molecular complexity index is 851. The Balaban J connectivity index is 1.53. The van der Waals surface area contributed by atoms with Crippen LogP contribution in [0.2, 0.25) is 0 Å². The van der Waals surface area contributed by atoms with Crippen molar-refractivity contribution >= 4 is 5.91 Å². The van der Waals surface area contributed by atoms with Gasteiger partial charge in [-0.3, -0.25) is 9.69 Å². The van der Waals surface area contributed by atoms with Crippen LogP contribution in [0.3, 0.4) is 0 Å². The molecule has 1 saturated heterocycles. The molecule has 2 aliphatic rings. The molecule has 2 heterocycles. The summed E-state index contributed by atoms with van der Waals surface area (Å²) in [5.74, 6) is 0.138. The molecule has 1 amide bonds. The smallest absolute Gasteiger partial charge is 0.254 e. The first-order valence-corrected chi connectivity index (χ1v) is 10.6. The molecule has 0 N–H and O–H groups in total. The maximum absolute atomic E-state index is 13.1. The summed E-state index contributed by atoms with van der Waals surface area (Å²) in [5, 5.41) is 0. The van der Waals surface area contributed by atoms with Gasteiger partial charge in [0, 0.05) is 18.7 Å². The summed E-state index contributed by atoms with van der Waals surface area (Å²) in [4.78, 5) is 17.6. The van der Waals surface area contributed by atoms with Gasteiger partial charge in [0.1, 0.15) is 0 Å². The van der Waals surface area contributed by atoms with Gasteiger partial charge in [-0.2, -0.15) is 0 Å². The predicted molar refractivity (Wildman–Crippen MR) is 115 cm³/mol. The van der Waals surface area contributed by atoms with Crippen LogP contribution in [0, 0.1) is 0 Å². The maximum Gasteiger partial charge on any atom is 0.254 e. The summed E-state index contributed by atoms with van der Waals surface area (Å²) in [6.07, 6.45) is 9.03. The van der Waals surface area contributed by atoms with E-state index in [1.165, 1.54) is 37.1 Å². The van der Waals surface area contributed by atoms with Crippen molar-refractivity contribution in [2.24, 2.45) is 0 Å². The minimum atomic E-state index is 0.138. The number of nitrogens with zero attached hydrogens (tertiary/aromatic N) is 2. The van der Waals surface area contributed by atoms with Gasteiger partial charge in [0.25, 0.3) is 5.91 Å². The van der Waals surface area contributed by atoms with Crippen LogP contribution in [0.5, 0.6) is 0 Å². The van der Waals surface area contributed by atoms with Gasteiger partial charge in [0.05, 0.1) is 6.04 Å². The molecule has 0 spiro atoms. The van der Waals surface area contributed by atoms with Gasteiger partial charge in [-0.25, -0.2) is 0 Å². The number of benzene rings is 2. The second kappa shape index (κ2) is 8.74. The number of carbonyl (C=O) groups is 1. The molecule has 3 nitrogen and oxygen atoms in total. The minimum absolute atomic E-state index is 0.138. The predicted octanol–water partition coefficient (Wildman–Crippen LogP) is 5.13. The molecule has 0 aromatic heterocycles. The Hall–Kier alpha value is -2.39. The van der Waals surface area contributed by atoms with E-state index in [1.807, 2.05) is 17.0 Å². The zero-order valence-corrected chi connectivity index (χ0v) is 16.8. The highest BCUT2D eigenvalue weighted by Crippen LogP contribution is 2.25. The number of hydrogen-bond acceptors (Lipinski definition) is 2. The van der Waals surface area contributed by atoms with E-state index in [4.69, 9.17) is 0 Å². The zero-order valence-electron chi connectivity index (χ0n) is 16.8. The third-order valence-electron chi connectivity index (χ3n) is 5.88. The Morgan fingerprint density at radius 3 is 2.57 bits per heavy atom. The molecule has 3 heteroatoms. The fourth-order valence-corrected chi connectivity index (χ4v) is 4.40. The van der Waals surface area contributed by atoms with E-state index in [1.54, 1.807) is 0 Å². The molecule has 0 radical (unpaired) electrons. The van der Waals surface area contributed by atoms with Gasteiger partial charge >= 0.3 is 0 Å². The van der Waals surface area contributed by atoms with Gasteiger partial charge in [0.15, 0.2) is 0 Å². The molecule has 2 aliphatic heterocycles. The zero-order chi connectivity index (χ0) is 19.3. The summed E-state index contributed by atoms with van der Waals surface area (Å²) < 4.78 is 0. The van der Waals surface area contributed by atoms with Gasteiger partial charge in [-0.05, 0) is 67.2 Å². The number of hydrogen-bond donors (Lipinski definition) is 0. The topological polar surface area (TPSA) is 23.6 Å². The fraction of sp³-hybridized carbons (Fsp3) is 0.400. The lowest BCUT2D eigenvalue weighted by Crippen LogP contribution is -2.36. The quantitative estimate of drug-likeness (QED) is 0.655. The van der Waals surface area contributed by atoms with Crippen molar-refractivity contribution in [2.45, 2.75) is 45.2 Å². The fourth-order valence-electron chi connectivity index (χ4n) is 4.40. The van der Waals surface area contributed by atoms with E-state index in [-0.39, 0.29) is 11.9 Å². The lowest BCUT2D eigenvalue weighted by atomic mass is 10.00. The Morgan fingerprint density at radius 2 is 1.79 bits per heavy atom. The first kappa shape index (κ1) is 18.9. The highest BCUT2D eigenvalue weighted by atomic mass is 16.2. The molecule has 28 heavy (non-hydrogen) atoms. The summed E-state index contributed by atoms with van der Waals surface area (Å²) in [6, 6.07) is 17.1. The van der Waals surface area contributed by atoms with Crippen LogP contribution in [-0.2, 0) is 6.54 Å². The Morgan fingerprint density at radius 1 is 1.04 bits per heavy atom. The van der Waals surface area contributed by atoms with Crippen molar-refractivity contribution in [1.82, 2.24) is 9.80 Å². The molecule has 0 aliphatic carbocycles. The van der Waals surface area contributed by atoms with Crippen LogP contribution in [0.1, 0.15) is 48.5 Å². The van der Waals surface area contributed by atoms with Crippen LogP contribution >= 0.6 is 0 Å². The molecule has 0 saturated carbocycles. The minimum Gasteiger partial charge on any atom is -0.328 e. The summed E-state index contributed by atoms with van der Waals surface area (Å²) in [6.45, 7) is 6.32. The van der Waals surface area contributed by atoms with Gasteiger partial charge in [-0.15, -0.1) is 0 Å². The molecule has 1 atom stereocenters. The molecule has 1 fully saturated rings. The lowest BCUT2D eigenvalue weighted by molar-refractivity contribution is 0.0744. The largest absolute Gasteiger partial charge is 0.328 e. The first-order valence-electron chi connectivity index (χ1n) is 10.6. The molecule has 146 valence electrons. The summed E-state index contributed by atoms with van der Waals surface area (Å²) in [5.41, 5.74) is 4.44. The van der Waals surface area contributed by atoms with Crippen molar-refractivity contribution in [2.75, 3.05) is 19.6 Å². The van der Waals surface area contributed by atoms with Crippen LogP contribution in [0.4, 0.5) is 0 Å². The maximum atomic E-state index is 13.1. The van der Waals surface area contributed by atoms with E-state index in [9.17, 15) is 4.79 Å². The summed E-state index contributed by atoms with van der Waals surface area (Å²) in [7, 11) is 0. The van der Waals surface area contributed by atoms with E-state index in [0.717, 1.165) is 37.1 Å². The van der Waals surface area contributed by atoms with Crippen molar-refractivity contribution < 1.29 is 4.79 Å². The van der Waals surface area contributed by atoms with Crippen LogP contribution < -0.4 is 0 Å².